The summed E-state index contributed by atoms with van der Waals surface area (Å²) in [6.45, 7) is 6.32. The van der Waals surface area contributed by atoms with Crippen LogP contribution in [0.15, 0.2) is 42.9 Å². The van der Waals surface area contributed by atoms with Crippen LogP contribution >= 0.6 is 0 Å². The highest BCUT2D eigenvalue weighted by Crippen LogP contribution is 2.27. The number of likely N-dealkylation sites (tertiary alicyclic amines) is 1. The molecule has 1 atom stereocenters. The summed E-state index contributed by atoms with van der Waals surface area (Å²) < 4.78 is 1.98. The molecule has 0 radical (unpaired) electrons. The summed E-state index contributed by atoms with van der Waals surface area (Å²) in [5.41, 5.74) is 3.37. The van der Waals surface area contributed by atoms with Crippen molar-refractivity contribution in [3.63, 3.8) is 0 Å². The predicted octanol–water partition coefficient (Wildman–Crippen LogP) is 2.66. The van der Waals surface area contributed by atoms with Crippen molar-refractivity contribution in [3.8, 4) is 17.3 Å². The van der Waals surface area contributed by atoms with Crippen LogP contribution in [0.3, 0.4) is 0 Å². The van der Waals surface area contributed by atoms with E-state index in [2.05, 4.69) is 25.6 Å². The fraction of sp³-hybridized carbons (Fsp3) is 0.400. The lowest BCUT2D eigenvalue weighted by atomic mass is 10.0. The largest absolute Gasteiger partial charge is 0.395 e. The van der Waals surface area contributed by atoms with Crippen molar-refractivity contribution in [2.75, 3.05) is 31.6 Å². The number of amides is 1. The minimum Gasteiger partial charge on any atom is -0.395 e. The van der Waals surface area contributed by atoms with Gasteiger partial charge in [-0.3, -0.25) is 9.48 Å². The number of hydrogen-bond acceptors (Lipinski definition) is 8. The summed E-state index contributed by atoms with van der Waals surface area (Å²) in [6, 6.07) is 8.93. The molecular weight excluding hydrogens is 444 g/mol. The summed E-state index contributed by atoms with van der Waals surface area (Å²) in [5, 5.41) is 28.6. The van der Waals surface area contributed by atoms with E-state index in [9.17, 15) is 4.79 Å². The summed E-state index contributed by atoms with van der Waals surface area (Å²) in [4.78, 5) is 24.1. The number of carbonyl (C=O) groups is 1. The van der Waals surface area contributed by atoms with Crippen LogP contribution < -0.4 is 10.6 Å². The lowest BCUT2D eigenvalue weighted by Crippen LogP contribution is -2.36. The van der Waals surface area contributed by atoms with Crippen LogP contribution in [0.25, 0.3) is 11.3 Å². The Morgan fingerprint density at radius 3 is 2.80 bits per heavy atom. The highest BCUT2D eigenvalue weighted by atomic mass is 16.3. The number of aliphatic hydroxyl groups excluding tert-OH is 1. The van der Waals surface area contributed by atoms with Gasteiger partial charge in [-0.05, 0) is 38.3 Å². The number of β-amino-alcohol motifs (C(OH)–C–C–N with tert-alkyl or cyclic N) is 1. The molecule has 1 aliphatic rings. The zero-order chi connectivity index (χ0) is 24.8. The molecule has 0 bridgehead atoms. The van der Waals surface area contributed by atoms with Crippen molar-refractivity contribution in [2.45, 2.75) is 38.8 Å². The molecule has 2 aromatic heterocycles. The third-order valence-electron chi connectivity index (χ3n) is 6.14. The first-order valence-electron chi connectivity index (χ1n) is 11.8. The van der Waals surface area contributed by atoms with Gasteiger partial charge < -0.3 is 20.6 Å². The Kier molecular flexibility index (Phi) is 7.70. The summed E-state index contributed by atoms with van der Waals surface area (Å²) in [5.74, 6) is 0.0806. The van der Waals surface area contributed by atoms with E-state index in [0.29, 0.717) is 35.4 Å². The number of aromatic nitrogens is 4. The van der Waals surface area contributed by atoms with Crippen molar-refractivity contribution in [1.82, 2.24) is 30.0 Å². The van der Waals surface area contributed by atoms with E-state index in [4.69, 9.17) is 15.4 Å². The third-order valence-corrected chi connectivity index (χ3v) is 6.14. The van der Waals surface area contributed by atoms with Gasteiger partial charge in [0.25, 0.3) is 5.91 Å². The maximum absolute atomic E-state index is 12.8. The number of rotatable bonds is 8. The number of anilines is 2. The van der Waals surface area contributed by atoms with Crippen LogP contribution in [-0.4, -0.2) is 67.9 Å². The molecule has 10 heteroatoms. The molecule has 1 aromatic carbocycles. The van der Waals surface area contributed by atoms with Crippen LogP contribution in [0, 0.1) is 18.3 Å². The topological polar surface area (TPSA) is 132 Å². The average molecular weight is 475 g/mol. The number of hydrogen-bond donors (Lipinski definition) is 3. The Labute approximate surface area is 204 Å². The first-order valence-corrected chi connectivity index (χ1v) is 11.8. The lowest BCUT2D eigenvalue weighted by Gasteiger charge is -2.31. The van der Waals surface area contributed by atoms with Gasteiger partial charge in [0, 0.05) is 43.2 Å². The minimum absolute atomic E-state index is 0.188. The van der Waals surface area contributed by atoms with Gasteiger partial charge >= 0.3 is 0 Å². The number of nitriles is 1. The zero-order valence-electron chi connectivity index (χ0n) is 20.0. The maximum atomic E-state index is 12.8. The van der Waals surface area contributed by atoms with Crippen molar-refractivity contribution in [1.29, 1.82) is 5.26 Å². The molecule has 35 heavy (non-hydrogen) atoms. The normalized spacial score (nSPS) is 15.4. The Bertz CT molecular complexity index is 1210. The van der Waals surface area contributed by atoms with E-state index in [1.165, 1.54) is 0 Å². The van der Waals surface area contributed by atoms with Gasteiger partial charge in [0.15, 0.2) is 0 Å². The number of carbonyl (C=O) groups excluding carboxylic acids is 1. The standard InChI is InChI=1S/C25H30N8O2/c1-17-14-27-25(30-19-15-28-33(16-19)20-7-9-32(10-8-20)11-12-34)31-23(17)21-5-3-4-6-22(21)24(35)29-18(2)13-26/h3-6,14-16,18,20,34H,7-12H2,1-2H3,(H,29,35)(H,27,30,31). The van der Waals surface area contributed by atoms with E-state index >= 15 is 0 Å². The molecule has 3 N–H and O–H groups in total. The smallest absolute Gasteiger partial charge is 0.252 e. The molecule has 4 rings (SSSR count). The van der Waals surface area contributed by atoms with Crippen LogP contribution in [0.1, 0.15) is 41.7 Å². The molecule has 0 saturated carbocycles. The summed E-state index contributed by atoms with van der Waals surface area (Å²) in [7, 11) is 0. The molecule has 1 amide bonds. The molecule has 1 unspecified atom stereocenters. The quantitative estimate of drug-likeness (QED) is 0.454. The van der Waals surface area contributed by atoms with Gasteiger partial charge in [0.2, 0.25) is 5.95 Å². The molecule has 1 fully saturated rings. The lowest BCUT2D eigenvalue weighted by molar-refractivity contribution is 0.0948. The molecule has 0 aliphatic carbocycles. The number of nitrogens with one attached hydrogen (secondary N) is 2. The second-order valence-corrected chi connectivity index (χ2v) is 8.73. The molecule has 1 saturated heterocycles. The molecule has 1 aliphatic heterocycles. The fourth-order valence-electron chi connectivity index (χ4n) is 4.25. The SMILES string of the molecule is Cc1cnc(Nc2cnn(C3CCN(CCO)CC3)c2)nc1-c1ccccc1C(=O)NC(C)C#N. The molecule has 0 spiro atoms. The molecule has 182 valence electrons. The van der Waals surface area contributed by atoms with Crippen LogP contribution in [-0.2, 0) is 0 Å². The number of aliphatic hydroxyl groups is 1. The number of piperidine rings is 1. The van der Waals surface area contributed by atoms with E-state index in [1.807, 2.05) is 36.0 Å². The van der Waals surface area contributed by atoms with Gasteiger partial charge in [-0.1, -0.05) is 18.2 Å². The van der Waals surface area contributed by atoms with Crippen molar-refractivity contribution in [2.24, 2.45) is 0 Å². The van der Waals surface area contributed by atoms with Gasteiger partial charge in [-0.25, -0.2) is 9.97 Å². The zero-order valence-corrected chi connectivity index (χ0v) is 20.0. The van der Waals surface area contributed by atoms with Crippen LogP contribution in [0.5, 0.6) is 0 Å². The summed E-state index contributed by atoms with van der Waals surface area (Å²) >= 11 is 0. The highest BCUT2D eigenvalue weighted by Gasteiger charge is 2.21. The predicted molar refractivity (Wildman–Crippen MR) is 132 cm³/mol. The number of benzene rings is 1. The second kappa shape index (κ2) is 11.1. The third kappa shape index (κ3) is 5.82. The van der Waals surface area contributed by atoms with Gasteiger partial charge in [0.1, 0.15) is 6.04 Å². The summed E-state index contributed by atoms with van der Waals surface area (Å²) in [6.07, 6.45) is 7.40. The van der Waals surface area contributed by atoms with Crippen LogP contribution in [0.2, 0.25) is 0 Å². The Balaban J connectivity index is 1.51. The van der Waals surface area contributed by atoms with Crippen molar-refractivity contribution in [3.05, 3.63) is 54.0 Å². The van der Waals surface area contributed by atoms with E-state index in [0.717, 1.165) is 37.2 Å². The molecule has 10 nitrogen and oxygen atoms in total. The van der Waals surface area contributed by atoms with Gasteiger partial charge in [-0.15, -0.1) is 0 Å². The first kappa shape index (κ1) is 24.3. The second-order valence-electron chi connectivity index (χ2n) is 8.73. The Morgan fingerprint density at radius 2 is 2.06 bits per heavy atom. The molecular formula is C25H30N8O2. The van der Waals surface area contributed by atoms with E-state index in [-0.39, 0.29) is 12.5 Å². The van der Waals surface area contributed by atoms with Crippen molar-refractivity contribution >= 4 is 17.5 Å². The van der Waals surface area contributed by atoms with E-state index in [1.54, 1.807) is 31.5 Å². The molecule has 3 aromatic rings. The van der Waals surface area contributed by atoms with Gasteiger partial charge in [-0.2, -0.15) is 10.4 Å². The minimum atomic E-state index is -0.599. The average Bonchev–Trinajstić information content (AvgIpc) is 3.34. The molecule has 3 heterocycles. The van der Waals surface area contributed by atoms with Crippen LogP contribution in [0.4, 0.5) is 11.6 Å². The number of nitrogens with zero attached hydrogens (tertiary/aromatic N) is 6. The van der Waals surface area contributed by atoms with Crippen molar-refractivity contribution < 1.29 is 9.90 Å². The first-order chi connectivity index (χ1) is 17.0. The van der Waals surface area contributed by atoms with E-state index < -0.39 is 6.04 Å². The number of aryl methyl sites for hydroxylation is 1. The fourth-order valence-corrected chi connectivity index (χ4v) is 4.25. The highest BCUT2D eigenvalue weighted by molar-refractivity contribution is 6.01. The Morgan fingerprint density at radius 1 is 1.29 bits per heavy atom. The maximum Gasteiger partial charge on any atom is 0.252 e. The monoisotopic (exact) mass is 474 g/mol. The Hall–Kier alpha value is -3.81. The van der Waals surface area contributed by atoms with Gasteiger partial charge in [0.05, 0.1) is 36.3 Å².